The number of thiazole rings is 1. The Morgan fingerprint density at radius 2 is 2.07 bits per heavy atom. The average molecular weight is 456 g/mol. The van der Waals surface area contributed by atoms with Gasteiger partial charge in [-0.15, -0.1) is 11.3 Å². The third-order valence-corrected chi connectivity index (χ3v) is 5.13. The first kappa shape index (κ1) is 18.4. The molecule has 0 saturated carbocycles. The van der Waals surface area contributed by atoms with Gasteiger partial charge in [0.05, 0.1) is 12.8 Å². The minimum Gasteiger partial charge on any atom is -0.493 e. The van der Waals surface area contributed by atoms with Crippen molar-refractivity contribution in [3.05, 3.63) is 75.7 Å². The van der Waals surface area contributed by atoms with Gasteiger partial charge in [0.15, 0.2) is 16.5 Å². The summed E-state index contributed by atoms with van der Waals surface area (Å²) in [6, 6.07) is 14.6. The number of carbonyl (C=O) groups is 1. The number of halogens is 1. The Kier molecular flexibility index (Phi) is 5.23. The monoisotopic (exact) mass is 455 g/mol. The number of nitrogens with zero attached hydrogens (tertiary/aromatic N) is 2. The Bertz CT molecular complexity index is 1200. The van der Waals surface area contributed by atoms with E-state index in [0.29, 0.717) is 27.7 Å². The van der Waals surface area contributed by atoms with Gasteiger partial charge in [-0.3, -0.25) is 10.1 Å². The van der Waals surface area contributed by atoms with Crippen molar-refractivity contribution in [2.75, 3.05) is 12.4 Å². The van der Waals surface area contributed by atoms with Gasteiger partial charge in [-0.05, 0) is 36.4 Å². The van der Waals surface area contributed by atoms with E-state index >= 15 is 0 Å². The third-order valence-electron chi connectivity index (χ3n) is 3.91. The molecular formula is C20H14BrN3O3S. The molecule has 0 bridgehead atoms. The first-order valence-electron chi connectivity index (χ1n) is 8.26. The molecule has 0 aliphatic carbocycles. The van der Waals surface area contributed by atoms with Crippen LogP contribution in [-0.4, -0.2) is 18.0 Å². The molecule has 4 aromatic rings. The van der Waals surface area contributed by atoms with E-state index in [0.717, 1.165) is 9.86 Å². The molecule has 0 fully saturated rings. The topological polar surface area (TPSA) is 76.7 Å². The molecule has 2 aromatic carbocycles. The Hall–Kier alpha value is -2.97. The summed E-state index contributed by atoms with van der Waals surface area (Å²) in [5.41, 5.74) is 1.67. The summed E-state index contributed by atoms with van der Waals surface area (Å²) in [6.45, 7) is 0. The van der Waals surface area contributed by atoms with Crippen LogP contribution in [0.2, 0.25) is 0 Å². The molecule has 0 aliphatic rings. The van der Waals surface area contributed by atoms with Crippen LogP contribution in [0.1, 0.15) is 10.4 Å². The van der Waals surface area contributed by atoms with Crippen molar-refractivity contribution in [3.8, 4) is 5.75 Å². The SMILES string of the molecule is COc1cccc2cc(C(=O)Nc3nccs3)c(=Nc3ccc(Br)cc3)oc12. The number of amides is 1. The summed E-state index contributed by atoms with van der Waals surface area (Å²) in [4.78, 5) is 21.5. The molecule has 0 spiro atoms. The number of rotatable bonds is 4. The van der Waals surface area contributed by atoms with Crippen LogP contribution in [0.15, 0.2) is 74.0 Å². The zero-order valence-electron chi connectivity index (χ0n) is 14.7. The lowest BCUT2D eigenvalue weighted by atomic mass is 10.1. The fraction of sp³-hybridized carbons (Fsp3) is 0.0500. The van der Waals surface area contributed by atoms with Gasteiger partial charge in [0.2, 0.25) is 5.55 Å². The summed E-state index contributed by atoms with van der Waals surface area (Å²) in [6.07, 6.45) is 1.63. The van der Waals surface area contributed by atoms with Crippen LogP contribution in [0.25, 0.3) is 11.0 Å². The molecule has 6 nitrogen and oxygen atoms in total. The number of para-hydroxylation sites is 1. The average Bonchev–Trinajstić information content (AvgIpc) is 3.21. The predicted octanol–water partition coefficient (Wildman–Crippen LogP) is 5.15. The number of ether oxygens (including phenoxy) is 1. The largest absolute Gasteiger partial charge is 0.493 e. The van der Waals surface area contributed by atoms with Crippen molar-refractivity contribution < 1.29 is 13.9 Å². The number of aromatic nitrogens is 1. The fourth-order valence-electron chi connectivity index (χ4n) is 2.61. The molecule has 28 heavy (non-hydrogen) atoms. The van der Waals surface area contributed by atoms with Crippen molar-refractivity contribution >= 4 is 55.0 Å². The van der Waals surface area contributed by atoms with E-state index < -0.39 is 0 Å². The highest BCUT2D eigenvalue weighted by Gasteiger charge is 2.15. The molecule has 1 amide bonds. The number of anilines is 1. The van der Waals surface area contributed by atoms with Crippen molar-refractivity contribution in [1.82, 2.24) is 4.98 Å². The number of carbonyl (C=O) groups excluding carboxylic acids is 1. The maximum atomic E-state index is 12.9. The van der Waals surface area contributed by atoms with Gasteiger partial charge in [-0.1, -0.05) is 28.1 Å². The van der Waals surface area contributed by atoms with E-state index in [9.17, 15) is 4.79 Å². The molecule has 0 unspecified atom stereocenters. The van der Waals surface area contributed by atoms with E-state index in [4.69, 9.17) is 9.15 Å². The zero-order chi connectivity index (χ0) is 19.5. The van der Waals surface area contributed by atoms with Gasteiger partial charge in [0.25, 0.3) is 5.91 Å². The Morgan fingerprint density at radius 3 is 2.79 bits per heavy atom. The molecule has 0 aliphatic heterocycles. The minimum absolute atomic E-state index is 0.188. The number of fused-ring (bicyclic) bond motifs is 1. The van der Waals surface area contributed by atoms with Crippen LogP contribution in [0.5, 0.6) is 5.75 Å². The van der Waals surface area contributed by atoms with Crippen molar-refractivity contribution in [3.63, 3.8) is 0 Å². The molecule has 2 heterocycles. The standard InChI is InChI=1S/C20H14BrN3O3S/c1-26-16-4-2-3-12-11-15(18(25)24-20-22-9-10-28-20)19(27-17(12)16)23-14-7-5-13(21)6-8-14/h2-11H,1H3,(H,22,24,25). The van der Waals surface area contributed by atoms with Gasteiger partial charge < -0.3 is 9.15 Å². The second kappa shape index (κ2) is 7.95. The van der Waals surface area contributed by atoms with Gasteiger partial charge in [0, 0.05) is 21.4 Å². The van der Waals surface area contributed by atoms with Crippen LogP contribution in [0.3, 0.4) is 0 Å². The highest BCUT2D eigenvalue weighted by Crippen LogP contribution is 2.25. The van der Waals surface area contributed by atoms with Crippen LogP contribution >= 0.6 is 27.3 Å². The Labute approximate surface area is 172 Å². The van der Waals surface area contributed by atoms with Crippen LogP contribution < -0.4 is 15.6 Å². The summed E-state index contributed by atoms with van der Waals surface area (Å²) in [7, 11) is 1.57. The van der Waals surface area contributed by atoms with Crippen LogP contribution in [0, 0.1) is 0 Å². The number of methoxy groups -OCH3 is 1. The van der Waals surface area contributed by atoms with Crippen molar-refractivity contribution in [2.45, 2.75) is 0 Å². The molecule has 4 rings (SSSR count). The quantitative estimate of drug-likeness (QED) is 0.461. The van der Waals surface area contributed by atoms with Gasteiger partial charge in [-0.25, -0.2) is 9.98 Å². The minimum atomic E-state index is -0.348. The van der Waals surface area contributed by atoms with E-state index in [1.807, 2.05) is 36.4 Å². The number of benzene rings is 2. The highest BCUT2D eigenvalue weighted by molar-refractivity contribution is 9.10. The molecule has 0 saturated heterocycles. The lowest BCUT2D eigenvalue weighted by molar-refractivity contribution is 0.102. The normalized spacial score (nSPS) is 11.6. The molecule has 0 radical (unpaired) electrons. The van der Waals surface area contributed by atoms with Crippen molar-refractivity contribution in [1.29, 1.82) is 0 Å². The first-order chi connectivity index (χ1) is 13.6. The summed E-state index contributed by atoms with van der Waals surface area (Å²) in [5.74, 6) is 0.218. The molecule has 1 N–H and O–H groups in total. The predicted molar refractivity (Wildman–Crippen MR) is 112 cm³/mol. The maximum absolute atomic E-state index is 12.9. The fourth-order valence-corrected chi connectivity index (χ4v) is 3.40. The summed E-state index contributed by atoms with van der Waals surface area (Å²) in [5, 5.41) is 5.81. The highest BCUT2D eigenvalue weighted by atomic mass is 79.9. The van der Waals surface area contributed by atoms with Gasteiger partial charge >= 0.3 is 0 Å². The summed E-state index contributed by atoms with van der Waals surface area (Å²) < 4.78 is 12.3. The molecule has 2 aromatic heterocycles. The van der Waals surface area contributed by atoms with Crippen LogP contribution in [-0.2, 0) is 0 Å². The van der Waals surface area contributed by atoms with Crippen LogP contribution in [0.4, 0.5) is 10.8 Å². The Morgan fingerprint density at radius 1 is 1.25 bits per heavy atom. The van der Waals surface area contributed by atoms with Gasteiger partial charge in [0.1, 0.15) is 5.56 Å². The second-order valence-corrected chi connectivity index (χ2v) is 7.53. The van der Waals surface area contributed by atoms with Crippen molar-refractivity contribution in [2.24, 2.45) is 4.99 Å². The smallest absolute Gasteiger partial charge is 0.262 e. The second-order valence-electron chi connectivity index (χ2n) is 5.72. The lowest BCUT2D eigenvalue weighted by Crippen LogP contribution is -2.21. The van der Waals surface area contributed by atoms with E-state index in [-0.39, 0.29) is 11.5 Å². The lowest BCUT2D eigenvalue weighted by Gasteiger charge is -2.07. The summed E-state index contributed by atoms with van der Waals surface area (Å²) >= 11 is 4.74. The Balaban J connectivity index is 1.90. The van der Waals surface area contributed by atoms with E-state index in [2.05, 4.69) is 31.2 Å². The third kappa shape index (κ3) is 3.83. The van der Waals surface area contributed by atoms with E-state index in [1.165, 1.54) is 11.3 Å². The maximum Gasteiger partial charge on any atom is 0.262 e. The van der Waals surface area contributed by atoms with Gasteiger partial charge in [-0.2, -0.15) is 0 Å². The van der Waals surface area contributed by atoms with E-state index in [1.54, 1.807) is 30.8 Å². The number of hydrogen-bond donors (Lipinski definition) is 1. The molecular weight excluding hydrogens is 442 g/mol. The number of nitrogens with one attached hydrogen (secondary N) is 1. The first-order valence-corrected chi connectivity index (χ1v) is 9.93. The molecule has 140 valence electrons. The molecule has 0 atom stereocenters. The number of hydrogen-bond acceptors (Lipinski definition) is 6. The zero-order valence-corrected chi connectivity index (χ0v) is 17.1. The molecule has 8 heteroatoms.